The van der Waals surface area contributed by atoms with Crippen LogP contribution >= 0.6 is 0 Å². The number of hydrogen-bond donors (Lipinski definition) is 1. The van der Waals surface area contributed by atoms with Gasteiger partial charge in [-0.3, -0.25) is 19.1 Å². The molecule has 0 aliphatic carbocycles. The van der Waals surface area contributed by atoms with Crippen molar-refractivity contribution in [2.24, 2.45) is 7.05 Å². The maximum atomic E-state index is 13.3. The smallest absolute Gasteiger partial charge is 0.255 e. The van der Waals surface area contributed by atoms with Crippen molar-refractivity contribution < 1.29 is 4.79 Å². The molecule has 8 nitrogen and oxygen atoms in total. The van der Waals surface area contributed by atoms with Gasteiger partial charge in [0.15, 0.2) is 0 Å². The number of anilines is 1. The zero-order valence-corrected chi connectivity index (χ0v) is 18.1. The zero-order valence-electron chi connectivity index (χ0n) is 18.1. The molecular weight excluding hydrogens is 404 g/mol. The number of carbonyl (C=O) groups excluding carboxylic acids is 1. The number of piperazine rings is 1. The second kappa shape index (κ2) is 8.55. The van der Waals surface area contributed by atoms with Gasteiger partial charge in [-0.2, -0.15) is 0 Å². The summed E-state index contributed by atoms with van der Waals surface area (Å²) in [6, 6.07) is 13.2. The van der Waals surface area contributed by atoms with E-state index >= 15 is 0 Å². The van der Waals surface area contributed by atoms with Crippen molar-refractivity contribution in [3.05, 3.63) is 76.3 Å². The normalized spacial score (nSPS) is 18.3. The molecule has 2 aromatic heterocycles. The molecule has 8 heteroatoms. The minimum atomic E-state index is -0.338. The number of rotatable bonds is 3. The van der Waals surface area contributed by atoms with Crippen LogP contribution in [0.15, 0.2) is 59.7 Å². The monoisotopic (exact) mass is 430 g/mol. The molecule has 5 rings (SSSR count). The van der Waals surface area contributed by atoms with Crippen LogP contribution in [0.5, 0.6) is 0 Å². The molecular formula is C24H26N6O2. The largest absolute Gasteiger partial charge is 0.339 e. The molecule has 1 fully saturated rings. The van der Waals surface area contributed by atoms with Crippen molar-refractivity contribution in [1.29, 1.82) is 0 Å². The molecule has 0 radical (unpaired) electrons. The molecule has 1 saturated heterocycles. The number of aromatic nitrogens is 3. The second-order valence-electron chi connectivity index (χ2n) is 8.31. The van der Waals surface area contributed by atoms with Gasteiger partial charge in [0.25, 0.3) is 5.56 Å². The molecule has 1 aromatic carbocycles. The average Bonchev–Trinajstić information content (AvgIpc) is 2.85. The van der Waals surface area contributed by atoms with Crippen LogP contribution in [0.4, 0.5) is 5.95 Å². The molecule has 164 valence electrons. The standard InChI is InChI=1S/C24H26N6O2/c1-28-22(31)14-20(18-6-9-25-10-7-18)27-24(28)30-13-11-26-21(16-30)23(32)29-12-8-17-4-2-3-5-19(17)15-29/h2-7,9-10,14,21,26H,8,11-13,15-16H2,1H3. The van der Waals surface area contributed by atoms with Crippen molar-refractivity contribution in [1.82, 2.24) is 24.8 Å². The lowest BCUT2D eigenvalue weighted by Crippen LogP contribution is -2.59. The van der Waals surface area contributed by atoms with E-state index in [4.69, 9.17) is 4.98 Å². The lowest BCUT2D eigenvalue weighted by atomic mass is 9.99. The Bertz CT molecular complexity index is 1190. The molecule has 1 amide bonds. The number of fused-ring (bicyclic) bond motifs is 1. The lowest BCUT2D eigenvalue weighted by molar-refractivity contribution is -0.134. The molecule has 0 bridgehead atoms. The lowest BCUT2D eigenvalue weighted by Gasteiger charge is -2.38. The molecule has 0 saturated carbocycles. The van der Waals surface area contributed by atoms with Crippen LogP contribution in [-0.4, -0.2) is 57.6 Å². The third-order valence-corrected chi connectivity index (χ3v) is 6.29. The van der Waals surface area contributed by atoms with Gasteiger partial charge in [-0.25, -0.2) is 4.98 Å². The third-order valence-electron chi connectivity index (χ3n) is 6.29. The SMILES string of the molecule is Cn1c(N2CCNC(C(=O)N3CCc4ccccc4C3)C2)nc(-c2ccncc2)cc1=O. The van der Waals surface area contributed by atoms with Crippen LogP contribution < -0.4 is 15.8 Å². The first kappa shape index (κ1) is 20.4. The van der Waals surface area contributed by atoms with E-state index < -0.39 is 0 Å². The number of nitrogens with zero attached hydrogens (tertiary/aromatic N) is 5. The van der Waals surface area contributed by atoms with Crippen molar-refractivity contribution >= 4 is 11.9 Å². The van der Waals surface area contributed by atoms with E-state index in [0.29, 0.717) is 37.8 Å². The van der Waals surface area contributed by atoms with Crippen LogP contribution in [0.25, 0.3) is 11.3 Å². The summed E-state index contributed by atoms with van der Waals surface area (Å²) in [6.45, 7) is 3.16. The van der Waals surface area contributed by atoms with Gasteiger partial charge in [0.2, 0.25) is 11.9 Å². The fourth-order valence-electron chi connectivity index (χ4n) is 4.48. The van der Waals surface area contributed by atoms with Gasteiger partial charge >= 0.3 is 0 Å². The molecule has 0 spiro atoms. The number of amides is 1. The van der Waals surface area contributed by atoms with Gasteiger partial charge in [-0.15, -0.1) is 0 Å². The Morgan fingerprint density at radius 2 is 1.88 bits per heavy atom. The van der Waals surface area contributed by atoms with E-state index in [0.717, 1.165) is 18.5 Å². The highest BCUT2D eigenvalue weighted by Gasteiger charge is 2.32. The Morgan fingerprint density at radius 3 is 2.69 bits per heavy atom. The predicted octanol–water partition coefficient (Wildman–Crippen LogP) is 1.21. The number of hydrogen-bond acceptors (Lipinski definition) is 6. The summed E-state index contributed by atoms with van der Waals surface area (Å²) in [5.74, 6) is 0.673. The Hall–Kier alpha value is -3.52. The summed E-state index contributed by atoms with van der Waals surface area (Å²) >= 11 is 0. The Kier molecular flexibility index (Phi) is 5.45. The Labute approximate surface area is 186 Å². The quantitative estimate of drug-likeness (QED) is 0.673. The predicted molar refractivity (Wildman–Crippen MR) is 122 cm³/mol. The molecule has 2 aliphatic rings. The van der Waals surface area contributed by atoms with Gasteiger partial charge in [-0.1, -0.05) is 24.3 Å². The van der Waals surface area contributed by atoms with Crippen molar-refractivity contribution in [2.75, 3.05) is 31.1 Å². The van der Waals surface area contributed by atoms with Crippen LogP contribution in [0.2, 0.25) is 0 Å². The van der Waals surface area contributed by atoms with E-state index in [1.54, 1.807) is 24.0 Å². The first-order chi connectivity index (χ1) is 15.6. The fourth-order valence-corrected chi connectivity index (χ4v) is 4.48. The van der Waals surface area contributed by atoms with E-state index in [2.05, 4.69) is 22.4 Å². The highest BCUT2D eigenvalue weighted by molar-refractivity contribution is 5.83. The maximum absolute atomic E-state index is 13.3. The topological polar surface area (TPSA) is 83.4 Å². The zero-order chi connectivity index (χ0) is 22.1. The summed E-state index contributed by atoms with van der Waals surface area (Å²) in [6.07, 6.45) is 4.25. The third kappa shape index (κ3) is 3.89. The molecule has 1 N–H and O–H groups in total. The first-order valence-electron chi connectivity index (χ1n) is 10.9. The number of carbonyl (C=O) groups is 1. The summed E-state index contributed by atoms with van der Waals surface area (Å²) in [4.78, 5) is 38.7. The van der Waals surface area contributed by atoms with E-state index in [1.807, 2.05) is 34.1 Å². The van der Waals surface area contributed by atoms with E-state index in [9.17, 15) is 9.59 Å². The van der Waals surface area contributed by atoms with E-state index in [-0.39, 0.29) is 17.5 Å². The van der Waals surface area contributed by atoms with Crippen molar-refractivity contribution in [2.45, 2.75) is 19.0 Å². The van der Waals surface area contributed by atoms with E-state index in [1.165, 1.54) is 17.2 Å². The van der Waals surface area contributed by atoms with Gasteiger partial charge in [0.05, 0.1) is 5.69 Å². The average molecular weight is 431 g/mol. The summed E-state index contributed by atoms with van der Waals surface area (Å²) in [7, 11) is 1.72. The fraction of sp³-hybridized carbons (Fsp3) is 0.333. The molecule has 1 atom stereocenters. The molecule has 4 heterocycles. The van der Waals surface area contributed by atoms with Crippen LogP contribution in [0, 0.1) is 0 Å². The van der Waals surface area contributed by atoms with Crippen LogP contribution in [-0.2, 0) is 24.8 Å². The number of pyridine rings is 1. The number of nitrogens with one attached hydrogen (secondary N) is 1. The van der Waals surface area contributed by atoms with Crippen molar-refractivity contribution in [3.8, 4) is 11.3 Å². The highest BCUT2D eigenvalue weighted by atomic mass is 16.2. The van der Waals surface area contributed by atoms with Gasteiger partial charge in [-0.05, 0) is 29.7 Å². The Morgan fingerprint density at radius 1 is 1.09 bits per heavy atom. The summed E-state index contributed by atoms with van der Waals surface area (Å²) in [5.41, 5.74) is 3.86. The number of benzene rings is 1. The van der Waals surface area contributed by atoms with Crippen LogP contribution in [0.1, 0.15) is 11.1 Å². The minimum absolute atomic E-state index is 0.0968. The Balaban J connectivity index is 1.37. The van der Waals surface area contributed by atoms with Gasteiger partial charge in [0, 0.05) is 63.8 Å². The maximum Gasteiger partial charge on any atom is 0.255 e. The van der Waals surface area contributed by atoms with Crippen molar-refractivity contribution in [3.63, 3.8) is 0 Å². The molecule has 32 heavy (non-hydrogen) atoms. The van der Waals surface area contributed by atoms with Gasteiger partial charge in [0.1, 0.15) is 6.04 Å². The highest BCUT2D eigenvalue weighted by Crippen LogP contribution is 2.21. The molecule has 2 aliphatic heterocycles. The minimum Gasteiger partial charge on any atom is -0.339 e. The summed E-state index contributed by atoms with van der Waals surface area (Å²) in [5, 5.41) is 3.36. The molecule has 1 unspecified atom stereocenters. The first-order valence-corrected chi connectivity index (χ1v) is 10.9. The van der Waals surface area contributed by atoms with Crippen LogP contribution in [0.3, 0.4) is 0 Å². The summed E-state index contributed by atoms with van der Waals surface area (Å²) < 4.78 is 1.55. The molecule has 3 aromatic rings. The second-order valence-corrected chi connectivity index (χ2v) is 8.31. The van der Waals surface area contributed by atoms with Gasteiger partial charge < -0.3 is 15.1 Å².